The minimum absolute atomic E-state index is 0.0759. The molecule has 1 unspecified atom stereocenters. The minimum atomic E-state index is -4.90. The third kappa shape index (κ3) is 3.12. The molecule has 1 aliphatic heterocycles. The summed E-state index contributed by atoms with van der Waals surface area (Å²) in [5.41, 5.74) is -0.339. The molecule has 1 aliphatic rings. The van der Waals surface area contributed by atoms with Crippen molar-refractivity contribution in [2.45, 2.75) is 37.2 Å². The number of hydrogen-bond acceptors (Lipinski definition) is 2. The van der Waals surface area contributed by atoms with Gasteiger partial charge in [0.25, 0.3) is 0 Å². The molecule has 0 saturated carbocycles. The summed E-state index contributed by atoms with van der Waals surface area (Å²) in [6.07, 6.45) is -5.30. The highest BCUT2D eigenvalue weighted by atomic mass is 35.5. The van der Waals surface area contributed by atoms with Crippen molar-refractivity contribution in [1.82, 2.24) is 5.32 Å². The van der Waals surface area contributed by atoms with E-state index in [1.165, 1.54) is 0 Å². The first-order valence-electron chi connectivity index (χ1n) is 4.57. The van der Waals surface area contributed by atoms with Gasteiger partial charge in [0.15, 0.2) is 0 Å². The van der Waals surface area contributed by atoms with Crippen LogP contribution in [0.15, 0.2) is 12.2 Å². The molecule has 1 rings (SSSR count). The number of carbonyl (C=O) groups is 1. The van der Waals surface area contributed by atoms with Gasteiger partial charge in [-0.05, 0) is 12.5 Å². The van der Waals surface area contributed by atoms with Crippen LogP contribution in [0.3, 0.4) is 0 Å². The van der Waals surface area contributed by atoms with Crippen LogP contribution in [0.2, 0.25) is 0 Å². The van der Waals surface area contributed by atoms with Gasteiger partial charge in [-0.1, -0.05) is 18.2 Å². The Labute approximate surface area is 95.6 Å². The standard InChI is InChI=1S/C9H11ClF3NO2/c1-4-5(2)16-7(10)3-6(4)14-8(15)9(11,12)13/h5-7H,1,3H2,2H3,(H,14,15)/t5-,6-,7?/m0/s1. The van der Waals surface area contributed by atoms with Crippen LogP contribution >= 0.6 is 11.6 Å². The highest BCUT2D eigenvalue weighted by Crippen LogP contribution is 2.26. The van der Waals surface area contributed by atoms with Crippen molar-refractivity contribution < 1.29 is 22.7 Å². The van der Waals surface area contributed by atoms with E-state index in [2.05, 4.69) is 6.58 Å². The highest BCUT2D eigenvalue weighted by Gasteiger charge is 2.41. The van der Waals surface area contributed by atoms with Gasteiger partial charge in [0.2, 0.25) is 0 Å². The van der Waals surface area contributed by atoms with Crippen LogP contribution in [0.5, 0.6) is 0 Å². The van der Waals surface area contributed by atoms with Gasteiger partial charge in [-0.3, -0.25) is 4.79 Å². The number of alkyl halides is 4. The van der Waals surface area contributed by atoms with E-state index in [0.29, 0.717) is 5.57 Å². The number of amides is 1. The highest BCUT2D eigenvalue weighted by molar-refractivity contribution is 6.19. The Morgan fingerprint density at radius 2 is 2.19 bits per heavy atom. The molecular formula is C9H11ClF3NO2. The van der Waals surface area contributed by atoms with Crippen LogP contribution in [-0.2, 0) is 9.53 Å². The van der Waals surface area contributed by atoms with E-state index in [9.17, 15) is 18.0 Å². The van der Waals surface area contributed by atoms with E-state index in [1.807, 2.05) is 5.32 Å². The van der Waals surface area contributed by atoms with Crippen molar-refractivity contribution in [1.29, 1.82) is 0 Å². The summed E-state index contributed by atoms with van der Waals surface area (Å²) in [5.74, 6) is -1.99. The summed E-state index contributed by atoms with van der Waals surface area (Å²) in [4.78, 5) is 10.7. The lowest BCUT2D eigenvalue weighted by molar-refractivity contribution is -0.174. The van der Waals surface area contributed by atoms with Crippen molar-refractivity contribution >= 4 is 17.5 Å². The maximum Gasteiger partial charge on any atom is 0.471 e. The van der Waals surface area contributed by atoms with Crippen LogP contribution in [0.1, 0.15) is 13.3 Å². The average molecular weight is 258 g/mol. The summed E-state index contributed by atoms with van der Waals surface area (Å²) in [5, 5.41) is 1.84. The summed E-state index contributed by atoms with van der Waals surface area (Å²) in [6, 6.07) is -0.805. The minimum Gasteiger partial charge on any atom is -0.355 e. The van der Waals surface area contributed by atoms with E-state index in [0.717, 1.165) is 0 Å². The van der Waals surface area contributed by atoms with E-state index < -0.39 is 29.8 Å². The Kier molecular flexibility index (Phi) is 3.85. The van der Waals surface area contributed by atoms with Gasteiger partial charge in [-0.2, -0.15) is 13.2 Å². The topological polar surface area (TPSA) is 38.3 Å². The molecular weight excluding hydrogens is 247 g/mol. The van der Waals surface area contributed by atoms with Crippen LogP contribution in [0.4, 0.5) is 13.2 Å². The second-order valence-electron chi connectivity index (χ2n) is 3.52. The Hall–Kier alpha value is -0.750. The molecule has 3 nitrogen and oxygen atoms in total. The first-order valence-corrected chi connectivity index (χ1v) is 5.01. The zero-order chi connectivity index (χ0) is 12.5. The van der Waals surface area contributed by atoms with Crippen LogP contribution in [-0.4, -0.2) is 29.8 Å². The van der Waals surface area contributed by atoms with Gasteiger partial charge in [-0.25, -0.2) is 0 Å². The molecule has 1 fully saturated rings. The molecule has 92 valence electrons. The smallest absolute Gasteiger partial charge is 0.355 e. The molecule has 0 radical (unpaired) electrons. The average Bonchev–Trinajstić information content (AvgIpc) is 2.11. The number of ether oxygens (including phenoxy) is 1. The molecule has 7 heteroatoms. The first kappa shape index (κ1) is 13.3. The predicted molar refractivity (Wildman–Crippen MR) is 51.9 cm³/mol. The van der Waals surface area contributed by atoms with Gasteiger partial charge < -0.3 is 10.1 Å². The van der Waals surface area contributed by atoms with E-state index in [-0.39, 0.29) is 6.42 Å². The van der Waals surface area contributed by atoms with Crippen molar-refractivity contribution in [3.63, 3.8) is 0 Å². The van der Waals surface area contributed by atoms with Crippen molar-refractivity contribution in [2.75, 3.05) is 0 Å². The van der Waals surface area contributed by atoms with E-state index >= 15 is 0 Å². The summed E-state index contributed by atoms with van der Waals surface area (Å²) < 4.78 is 41.2. The van der Waals surface area contributed by atoms with Crippen LogP contribution < -0.4 is 5.32 Å². The second kappa shape index (κ2) is 4.63. The summed E-state index contributed by atoms with van der Waals surface area (Å²) >= 11 is 5.67. The molecule has 1 N–H and O–H groups in total. The van der Waals surface area contributed by atoms with E-state index in [4.69, 9.17) is 16.3 Å². The van der Waals surface area contributed by atoms with Crippen molar-refractivity contribution in [3.05, 3.63) is 12.2 Å². The number of carbonyl (C=O) groups excluding carboxylic acids is 1. The van der Waals surface area contributed by atoms with E-state index in [1.54, 1.807) is 6.92 Å². The number of rotatable bonds is 1. The Morgan fingerprint density at radius 1 is 1.62 bits per heavy atom. The molecule has 1 saturated heterocycles. The van der Waals surface area contributed by atoms with Crippen molar-refractivity contribution in [3.8, 4) is 0 Å². The SMILES string of the molecule is C=C1[C@@H](NC(=O)C(F)(F)F)CC(Cl)O[C@H]1C. The molecule has 1 heterocycles. The number of hydrogen-bond donors (Lipinski definition) is 1. The molecule has 0 aromatic carbocycles. The summed E-state index contributed by atoms with van der Waals surface area (Å²) in [7, 11) is 0. The molecule has 16 heavy (non-hydrogen) atoms. The zero-order valence-corrected chi connectivity index (χ0v) is 9.23. The Morgan fingerprint density at radius 3 is 2.69 bits per heavy atom. The Balaban J connectivity index is 2.66. The largest absolute Gasteiger partial charge is 0.471 e. The lowest BCUT2D eigenvalue weighted by Gasteiger charge is -2.33. The van der Waals surface area contributed by atoms with Crippen LogP contribution in [0, 0.1) is 0 Å². The maximum absolute atomic E-state index is 12.0. The number of nitrogens with one attached hydrogen (secondary N) is 1. The predicted octanol–water partition coefficient (Wildman–Crippen LogP) is 1.96. The first-order chi connectivity index (χ1) is 7.21. The van der Waals surface area contributed by atoms with Gasteiger partial charge in [0.1, 0.15) is 5.56 Å². The third-order valence-electron chi connectivity index (χ3n) is 2.31. The molecule has 0 aliphatic carbocycles. The fourth-order valence-corrected chi connectivity index (χ4v) is 1.71. The maximum atomic E-state index is 12.0. The van der Waals surface area contributed by atoms with Gasteiger partial charge in [0.05, 0.1) is 12.1 Å². The lowest BCUT2D eigenvalue weighted by atomic mass is 9.98. The van der Waals surface area contributed by atoms with Crippen LogP contribution in [0.25, 0.3) is 0 Å². The fourth-order valence-electron chi connectivity index (χ4n) is 1.38. The molecule has 3 atom stereocenters. The quantitative estimate of drug-likeness (QED) is 0.576. The van der Waals surface area contributed by atoms with Gasteiger partial charge in [0, 0.05) is 6.42 Å². The molecule has 0 aromatic rings. The second-order valence-corrected chi connectivity index (χ2v) is 4.01. The van der Waals surface area contributed by atoms with Crippen molar-refractivity contribution in [2.24, 2.45) is 0 Å². The normalized spacial score (nSPS) is 31.3. The number of halogens is 4. The van der Waals surface area contributed by atoms with Gasteiger partial charge in [-0.15, -0.1) is 0 Å². The molecule has 0 bridgehead atoms. The fraction of sp³-hybridized carbons (Fsp3) is 0.667. The zero-order valence-electron chi connectivity index (χ0n) is 8.47. The summed E-state index contributed by atoms with van der Waals surface area (Å²) in [6.45, 7) is 5.20. The van der Waals surface area contributed by atoms with Gasteiger partial charge >= 0.3 is 12.1 Å². The monoisotopic (exact) mass is 257 g/mol. The molecule has 1 amide bonds. The lowest BCUT2D eigenvalue weighted by Crippen LogP contribution is -2.49. The molecule has 0 aromatic heterocycles. The molecule has 0 spiro atoms. The Bertz CT molecular complexity index is 304. The third-order valence-corrected chi connectivity index (χ3v) is 2.59.